The number of halogens is 1. The van der Waals surface area contributed by atoms with Crippen molar-refractivity contribution in [3.63, 3.8) is 0 Å². The number of hydrogen-bond donors (Lipinski definition) is 2. The molecular formula is C12H19FN2O. The molecule has 0 aromatic heterocycles. The molecule has 16 heavy (non-hydrogen) atoms. The largest absolute Gasteiger partial charge is 0.494 e. The zero-order chi connectivity index (χ0) is 12.1. The van der Waals surface area contributed by atoms with Crippen molar-refractivity contribution in [1.82, 2.24) is 5.43 Å². The molecular weight excluding hydrogens is 207 g/mol. The minimum absolute atomic E-state index is 0.0570. The van der Waals surface area contributed by atoms with Crippen LogP contribution in [0.5, 0.6) is 5.75 Å². The van der Waals surface area contributed by atoms with Gasteiger partial charge in [0.15, 0.2) is 11.6 Å². The van der Waals surface area contributed by atoms with Gasteiger partial charge in [-0.05, 0) is 24.0 Å². The number of hydrazine groups is 1. The van der Waals surface area contributed by atoms with E-state index < -0.39 is 0 Å². The molecule has 0 bridgehead atoms. The van der Waals surface area contributed by atoms with Crippen molar-refractivity contribution in [3.05, 3.63) is 29.6 Å². The molecule has 0 saturated heterocycles. The van der Waals surface area contributed by atoms with Crippen LogP contribution < -0.4 is 16.0 Å². The molecule has 1 unspecified atom stereocenters. The van der Waals surface area contributed by atoms with Crippen molar-refractivity contribution in [2.75, 3.05) is 7.11 Å². The summed E-state index contributed by atoms with van der Waals surface area (Å²) in [6, 6.07) is 5.20. The summed E-state index contributed by atoms with van der Waals surface area (Å²) in [5.74, 6) is 5.76. The van der Waals surface area contributed by atoms with Crippen molar-refractivity contribution in [2.45, 2.75) is 26.3 Å². The maximum atomic E-state index is 13.8. The highest BCUT2D eigenvalue weighted by Crippen LogP contribution is 2.22. The van der Waals surface area contributed by atoms with Crippen molar-refractivity contribution < 1.29 is 9.13 Å². The van der Waals surface area contributed by atoms with E-state index in [1.807, 2.05) is 13.8 Å². The maximum Gasteiger partial charge on any atom is 0.168 e. The lowest BCUT2D eigenvalue weighted by Crippen LogP contribution is -2.40. The van der Waals surface area contributed by atoms with Crippen molar-refractivity contribution in [2.24, 2.45) is 11.8 Å². The number of nitrogens with one attached hydrogen (secondary N) is 1. The van der Waals surface area contributed by atoms with E-state index in [2.05, 4.69) is 5.43 Å². The lowest BCUT2D eigenvalue weighted by atomic mass is 9.96. The molecule has 1 rings (SSSR count). The molecule has 0 spiro atoms. The van der Waals surface area contributed by atoms with E-state index in [4.69, 9.17) is 10.6 Å². The fraction of sp³-hybridized carbons (Fsp3) is 0.500. The molecule has 3 N–H and O–H groups in total. The first-order valence-electron chi connectivity index (χ1n) is 5.37. The van der Waals surface area contributed by atoms with Crippen molar-refractivity contribution in [3.8, 4) is 5.75 Å². The predicted octanol–water partition coefficient (Wildman–Crippen LogP) is 1.86. The topological polar surface area (TPSA) is 47.3 Å². The molecule has 4 heteroatoms. The van der Waals surface area contributed by atoms with Gasteiger partial charge in [-0.2, -0.15) is 0 Å². The SMILES string of the molecule is COc1cccc(CC(NN)C(C)C)c1F. The maximum absolute atomic E-state index is 13.8. The second kappa shape index (κ2) is 5.82. The molecule has 1 aromatic carbocycles. The molecule has 1 aromatic rings. The number of nitrogens with two attached hydrogens (primary N) is 1. The summed E-state index contributed by atoms with van der Waals surface area (Å²) < 4.78 is 18.8. The number of ether oxygens (including phenoxy) is 1. The van der Waals surface area contributed by atoms with Gasteiger partial charge < -0.3 is 4.74 Å². The Bertz CT molecular complexity index is 342. The molecule has 0 radical (unpaired) electrons. The first-order valence-corrected chi connectivity index (χ1v) is 5.37. The monoisotopic (exact) mass is 226 g/mol. The fourth-order valence-corrected chi connectivity index (χ4v) is 1.60. The van der Waals surface area contributed by atoms with Gasteiger partial charge in [0, 0.05) is 6.04 Å². The summed E-state index contributed by atoms with van der Waals surface area (Å²) in [4.78, 5) is 0. The Labute approximate surface area is 95.8 Å². The van der Waals surface area contributed by atoms with Gasteiger partial charge in [-0.3, -0.25) is 11.3 Å². The standard InChI is InChI=1S/C12H19FN2O/c1-8(2)10(15-14)7-9-5-4-6-11(16-3)12(9)13/h4-6,8,10,15H,7,14H2,1-3H3. The Morgan fingerprint density at radius 1 is 1.44 bits per heavy atom. The number of rotatable bonds is 5. The zero-order valence-corrected chi connectivity index (χ0v) is 9.96. The van der Waals surface area contributed by atoms with E-state index >= 15 is 0 Å². The molecule has 0 fully saturated rings. The van der Waals surface area contributed by atoms with Crippen LogP contribution in [0, 0.1) is 11.7 Å². The first kappa shape index (κ1) is 12.9. The predicted molar refractivity (Wildman–Crippen MR) is 62.6 cm³/mol. The molecule has 0 aliphatic heterocycles. The summed E-state index contributed by atoms with van der Waals surface area (Å²) in [5.41, 5.74) is 3.33. The number of hydrogen-bond acceptors (Lipinski definition) is 3. The lowest BCUT2D eigenvalue weighted by Gasteiger charge is -2.20. The average Bonchev–Trinajstić information content (AvgIpc) is 2.27. The van der Waals surface area contributed by atoms with Crippen molar-refractivity contribution in [1.29, 1.82) is 0 Å². The third-order valence-corrected chi connectivity index (χ3v) is 2.72. The second-order valence-corrected chi connectivity index (χ2v) is 4.15. The van der Waals surface area contributed by atoms with Crippen LogP contribution in [-0.4, -0.2) is 13.2 Å². The molecule has 3 nitrogen and oxygen atoms in total. The molecule has 1 atom stereocenters. The van der Waals surface area contributed by atoms with E-state index in [1.54, 1.807) is 18.2 Å². The molecule has 0 aliphatic carbocycles. The minimum atomic E-state index is -0.300. The summed E-state index contributed by atoms with van der Waals surface area (Å²) in [6.07, 6.45) is 0.553. The van der Waals surface area contributed by atoms with Gasteiger partial charge in [0.1, 0.15) is 0 Å². The number of methoxy groups -OCH3 is 1. The highest BCUT2D eigenvalue weighted by Gasteiger charge is 2.16. The van der Waals surface area contributed by atoms with Gasteiger partial charge in [-0.15, -0.1) is 0 Å². The molecule has 0 amide bonds. The van der Waals surface area contributed by atoms with Crippen LogP contribution in [0.3, 0.4) is 0 Å². The third-order valence-electron chi connectivity index (χ3n) is 2.72. The van der Waals surface area contributed by atoms with Gasteiger partial charge in [-0.1, -0.05) is 26.0 Å². The van der Waals surface area contributed by atoms with E-state index in [1.165, 1.54) is 7.11 Å². The third kappa shape index (κ3) is 2.93. The zero-order valence-electron chi connectivity index (χ0n) is 9.96. The number of benzene rings is 1. The quantitative estimate of drug-likeness (QED) is 0.595. The van der Waals surface area contributed by atoms with E-state index in [9.17, 15) is 4.39 Å². The van der Waals surface area contributed by atoms with Crippen LogP contribution in [-0.2, 0) is 6.42 Å². The van der Waals surface area contributed by atoms with Gasteiger partial charge in [0.2, 0.25) is 0 Å². The van der Waals surface area contributed by atoms with Gasteiger partial charge in [0.25, 0.3) is 0 Å². The van der Waals surface area contributed by atoms with E-state index in [0.29, 0.717) is 17.9 Å². The van der Waals surface area contributed by atoms with Crippen LogP contribution in [0.4, 0.5) is 4.39 Å². The highest BCUT2D eigenvalue weighted by atomic mass is 19.1. The lowest BCUT2D eigenvalue weighted by molar-refractivity contribution is 0.373. The second-order valence-electron chi connectivity index (χ2n) is 4.15. The van der Waals surface area contributed by atoms with Crippen molar-refractivity contribution >= 4 is 0 Å². The molecule has 0 saturated carbocycles. The normalized spacial score (nSPS) is 12.9. The van der Waals surface area contributed by atoms with Gasteiger partial charge >= 0.3 is 0 Å². The summed E-state index contributed by atoms with van der Waals surface area (Å²) in [7, 11) is 1.46. The average molecular weight is 226 g/mol. The van der Waals surface area contributed by atoms with Crippen LogP contribution in [0.2, 0.25) is 0 Å². The Morgan fingerprint density at radius 2 is 2.12 bits per heavy atom. The Hall–Kier alpha value is -1.13. The fourth-order valence-electron chi connectivity index (χ4n) is 1.60. The first-order chi connectivity index (χ1) is 7.60. The molecule has 0 aliphatic rings. The van der Waals surface area contributed by atoms with E-state index in [0.717, 1.165) is 0 Å². The Balaban J connectivity index is 2.88. The smallest absolute Gasteiger partial charge is 0.168 e. The van der Waals surface area contributed by atoms with E-state index in [-0.39, 0.29) is 17.6 Å². The molecule has 0 heterocycles. The summed E-state index contributed by atoms with van der Waals surface area (Å²) >= 11 is 0. The summed E-state index contributed by atoms with van der Waals surface area (Å²) in [5, 5.41) is 0. The van der Waals surface area contributed by atoms with Crippen LogP contribution >= 0.6 is 0 Å². The van der Waals surface area contributed by atoms with Crippen LogP contribution in [0.1, 0.15) is 19.4 Å². The highest BCUT2D eigenvalue weighted by molar-refractivity contribution is 5.31. The Morgan fingerprint density at radius 3 is 2.62 bits per heavy atom. The molecule has 90 valence electrons. The van der Waals surface area contributed by atoms with Gasteiger partial charge in [-0.25, -0.2) is 4.39 Å². The minimum Gasteiger partial charge on any atom is -0.494 e. The Kier molecular flexibility index (Phi) is 4.71. The van der Waals surface area contributed by atoms with Crippen LogP contribution in [0.25, 0.3) is 0 Å². The van der Waals surface area contributed by atoms with Gasteiger partial charge in [0.05, 0.1) is 7.11 Å². The van der Waals surface area contributed by atoms with Crippen LogP contribution in [0.15, 0.2) is 18.2 Å². The summed E-state index contributed by atoms with van der Waals surface area (Å²) in [6.45, 7) is 4.09.